The molecule has 3 heterocycles. The number of pyridine rings is 1. The van der Waals surface area contributed by atoms with Gasteiger partial charge in [0.1, 0.15) is 6.17 Å². The number of aromatic nitrogens is 1. The fraction of sp³-hybridized carbons (Fsp3) is 0.333. The molecular formula is C18H20N4O. The second kappa shape index (κ2) is 4.72. The molecule has 2 aliphatic heterocycles. The van der Waals surface area contributed by atoms with E-state index in [-0.39, 0.29) is 12.1 Å². The summed E-state index contributed by atoms with van der Waals surface area (Å²) in [7, 11) is 0. The Morgan fingerprint density at radius 1 is 1.26 bits per heavy atom. The van der Waals surface area contributed by atoms with Gasteiger partial charge in [0, 0.05) is 24.5 Å². The van der Waals surface area contributed by atoms with Crippen LogP contribution in [0.2, 0.25) is 0 Å². The van der Waals surface area contributed by atoms with E-state index in [0.29, 0.717) is 6.54 Å². The van der Waals surface area contributed by atoms with Gasteiger partial charge >= 0.3 is 0 Å². The van der Waals surface area contributed by atoms with Gasteiger partial charge in [0.25, 0.3) is 0 Å². The fourth-order valence-electron chi connectivity index (χ4n) is 3.49. The number of hydrogen-bond acceptors (Lipinski definition) is 4. The molecular weight excluding hydrogens is 288 g/mol. The number of anilines is 3. The first-order chi connectivity index (χ1) is 11.0. The van der Waals surface area contributed by atoms with E-state index in [9.17, 15) is 4.79 Å². The van der Waals surface area contributed by atoms with Gasteiger partial charge in [-0.25, -0.2) is 0 Å². The van der Waals surface area contributed by atoms with Crippen LogP contribution in [-0.4, -0.2) is 17.4 Å². The summed E-state index contributed by atoms with van der Waals surface area (Å²) in [6.07, 6.45) is 3.64. The van der Waals surface area contributed by atoms with Gasteiger partial charge in [0.05, 0.1) is 22.5 Å². The molecule has 4 rings (SSSR count). The Bertz CT molecular complexity index is 785. The summed E-state index contributed by atoms with van der Waals surface area (Å²) < 4.78 is 0. The predicted octanol–water partition coefficient (Wildman–Crippen LogP) is 3.26. The summed E-state index contributed by atoms with van der Waals surface area (Å²) >= 11 is 0. The fourth-order valence-corrected chi connectivity index (χ4v) is 3.49. The molecule has 1 unspecified atom stereocenters. The van der Waals surface area contributed by atoms with Crippen LogP contribution in [0.25, 0.3) is 0 Å². The number of carbonyl (C=O) groups is 1. The molecule has 0 fully saturated rings. The Hall–Kier alpha value is -2.56. The highest BCUT2D eigenvalue weighted by molar-refractivity contribution is 6.09. The number of carbonyl (C=O) groups excluding carboxylic acids is 1. The maximum absolute atomic E-state index is 12.6. The van der Waals surface area contributed by atoms with Gasteiger partial charge in [0.2, 0.25) is 5.91 Å². The number of nitrogens with one attached hydrogen (secondary N) is 2. The van der Waals surface area contributed by atoms with Crippen molar-refractivity contribution in [1.82, 2.24) is 4.98 Å². The standard InChI is InChI=1S/C18H20N4O/c1-4-22-15-9-14-13(8-12(15)18(2,3)17(22)23)20-16(21-14)11-6-5-7-19-10-11/h5-10,16,20-21H,4H2,1-3H3. The van der Waals surface area contributed by atoms with Crippen molar-refractivity contribution >= 4 is 23.0 Å². The van der Waals surface area contributed by atoms with Crippen LogP contribution < -0.4 is 15.5 Å². The molecule has 0 saturated carbocycles. The molecule has 0 saturated heterocycles. The molecule has 0 bridgehead atoms. The third-order valence-corrected chi connectivity index (χ3v) is 4.81. The van der Waals surface area contributed by atoms with Gasteiger partial charge in [0.15, 0.2) is 0 Å². The normalized spacial score (nSPS) is 20.7. The summed E-state index contributed by atoms with van der Waals surface area (Å²) in [6, 6.07) is 8.18. The molecule has 1 amide bonds. The van der Waals surface area contributed by atoms with Gasteiger partial charge in [-0.05, 0) is 44.5 Å². The van der Waals surface area contributed by atoms with Crippen LogP contribution in [-0.2, 0) is 10.2 Å². The zero-order valence-corrected chi connectivity index (χ0v) is 13.6. The second-order valence-corrected chi connectivity index (χ2v) is 6.60. The largest absolute Gasteiger partial charge is 0.360 e. The highest BCUT2D eigenvalue weighted by atomic mass is 16.2. The minimum Gasteiger partial charge on any atom is -0.360 e. The molecule has 23 heavy (non-hydrogen) atoms. The van der Waals surface area contributed by atoms with E-state index in [0.717, 1.165) is 28.2 Å². The zero-order chi connectivity index (χ0) is 16.2. The summed E-state index contributed by atoms with van der Waals surface area (Å²) in [5.74, 6) is 0.169. The van der Waals surface area contributed by atoms with E-state index in [1.165, 1.54) is 0 Å². The molecule has 0 spiro atoms. The molecule has 1 aromatic heterocycles. The highest BCUT2D eigenvalue weighted by Crippen LogP contribution is 2.48. The van der Waals surface area contributed by atoms with Crippen molar-refractivity contribution in [3.05, 3.63) is 47.8 Å². The number of fused-ring (bicyclic) bond motifs is 2. The maximum Gasteiger partial charge on any atom is 0.237 e. The Morgan fingerprint density at radius 3 is 2.65 bits per heavy atom. The quantitative estimate of drug-likeness (QED) is 0.894. The van der Waals surface area contributed by atoms with Crippen molar-refractivity contribution in [3.8, 4) is 0 Å². The van der Waals surface area contributed by atoms with Gasteiger partial charge in [-0.3, -0.25) is 9.78 Å². The van der Waals surface area contributed by atoms with Gasteiger partial charge in [-0.2, -0.15) is 0 Å². The first-order valence-electron chi connectivity index (χ1n) is 7.96. The molecule has 2 aliphatic rings. The smallest absolute Gasteiger partial charge is 0.237 e. The SMILES string of the molecule is CCN1C(=O)C(C)(C)c2cc3c(cc21)NC(c1cccnc1)N3. The van der Waals surface area contributed by atoms with Gasteiger partial charge in [-0.1, -0.05) is 6.07 Å². The molecule has 5 heteroatoms. The topological polar surface area (TPSA) is 57.3 Å². The third-order valence-electron chi connectivity index (χ3n) is 4.81. The molecule has 118 valence electrons. The van der Waals surface area contributed by atoms with Crippen molar-refractivity contribution in [2.75, 3.05) is 22.1 Å². The van der Waals surface area contributed by atoms with Crippen molar-refractivity contribution in [3.63, 3.8) is 0 Å². The Kier molecular flexibility index (Phi) is 2.88. The predicted molar refractivity (Wildman–Crippen MR) is 91.7 cm³/mol. The minimum absolute atomic E-state index is 0.00937. The average molecular weight is 308 g/mol. The lowest BCUT2D eigenvalue weighted by atomic mass is 9.86. The van der Waals surface area contributed by atoms with Crippen LogP contribution in [0.1, 0.15) is 38.1 Å². The first-order valence-corrected chi connectivity index (χ1v) is 7.96. The van der Waals surface area contributed by atoms with Crippen LogP contribution >= 0.6 is 0 Å². The first kappa shape index (κ1) is 14.1. The van der Waals surface area contributed by atoms with E-state index in [1.807, 2.05) is 44.0 Å². The third kappa shape index (κ3) is 1.92. The van der Waals surface area contributed by atoms with E-state index < -0.39 is 5.41 Å². The summed E-state index contributed by atoms with van der Waals surface area (Å²) in [6.45, 7) is 6.70. The lowest BCUT2D eigenvalue weighted by Gasteiger charge is -2.18. The van der Waals surface area contributed by atoms with Crippen LogP contribution in [0.3, 0.4) is 0 Å². The number of hydrogen-bond donors (Lipinski definition) is 2. The molecule has 1 atom stereocenters. The number of benzene rings is 1. The molecule has 0 aliphatic carbocycles. The van der Waals surface area contributed by atoms with Crippen molar-refractivity contribution in [2.45, 2.75) is 32.4 Å². The van der Waals surface area contributed by atoms with E-state index in [4.69, 9.17) is 0 Å². The molecule has 0 radical (unpaired) electrons. The summed E-state index contributed by atoms with van der Waals surface area (Å²) in [4.78, 5) is 18.7. The van der Waals surface area contributed by atoms with Crippen LogP contribution in [0, 0.1) is 0 Å². The van der Waals surface area contributed by atoms with Crippen molar-refractivity contribution < 1.29 is 4.79 Å². The van der Waals surface area contributed by atoms with Crippen LogP contribution in [0.15, 0.2) is 36.7 Å². The minimum atomic E-state index is -0.478. The molecule has 2 N–H and O–H groups in total. The Morgan fingerprint density at radius 2 is 2.00 bits per heavy atom. The second-order valence-electron chi connectivity index (χ2n) is 6.60. The van der Waals surface area contributed by atoms with Crippen LogP contribution in [0.4, 0.5) is 17.1 Å². The Balaban J connectivity index is 1.75. The van der Waals surface area contributed by atoms with Crippen molar-refractivity contribution in [2.24, 2.45) is 0 Å². The van der Waals surface area contributed by atoms with E-state index in [2.05, 4.69) is 27.8 Å². The molecule has 1 aromatic carbocycles. The monoisotopic (exact) mass is 308 g/mol. The maximum atomic E-state index is 12.6. The number of rotatable bonds is 2. The zero-order valence-electron chi connectivity index (χ0n) is 13.6. The number of nitrogens with zero attached hydrogens (tertiary/aromatic N) is 2. The number of likely N-dealkylation sites (N-methyl/N-ethyl adjacent to an activating group) is 1. The summed E-state index contributed by atoms with van der Waals surface area (Å²) in [5.41, 5.74) is 4.78. The van der Waals surface area contributed by atoms with Gasteiger partial charge < -0.3 is 15.5 Å². The molecule has 2 aromatic rings. The lowest BCUT2D eigenvalue weighted by molar-refractivity contribution is -0.122. The van der Waals surface area contributed by atoms with Crippen LogP contribution in [0.5, 0.6) is 0 Å². The Labute approximate surface area is 135 Å². The van der Waals surface area contributed by atoms with Gasteiger partial charge in [-0.15, -0.1) is 0 Å². The average Bonchev–Trinajstić information content (AvgIpc) is 3.05. The van der Waals surface area contributed by atoms with E-state index in [1.54, 1.807) is 6.20 Å². The lowest BCUT2D eigenvalue weighted by Crippen LogP contribution is -2.35. The molecule has 5 nitrogen and oxygen atoms in total. The number of amides is 1. The highest BCUT2D eigenvalue weighted by Gasteiger charge is 2.44. The van der Waals surface area contributed by atoms with E-state index >= 15 is 0 Å². The summed E-state index contributed by atoms with van der Waals surface area (Å²) in [5, 5.41) is 6.96. The van der Waals surface area contributed by atoms with Crippen molar-refractivity contribution in [1.29, 1.82) is 0 Å².